The molecule has 1 atom stereocenters. The van der Waals surface area contributed by atoms with Gasteiger partial charge in [-0.15, -0.1) is 10.2 Å². The van der Waals surface area contributed by atoms with Crippen LogP contribution in [0.25, 0.3) is 0 Å². The molecule has 0 aliphatic carbocycles. The minimum absolute atomic E-state index is 0.0232. The second-order valence-corrected chi connectivity index (χ2v) is 5.90. The summed E-state index contributed by atoms with van der Waals surface area (Å²) in [5.41, 5.74) is 0. The molecule has 1 aromatic rings. The number of carboxylic acid groups (broad SMARTS) is 1. The van der Waals surface area contributed by atoms with Gasteiger partial charge in [-0.1, -0.05) is 18.7 Å². The molecule has 1 saturated heterocycles. The van der Waals surface area contributed by atoms with Gasteiger partial charge in [0.1, 0.15) is 0 Å². The van der Waals surface area contributed by atoms with Gasteiger partial charge >= 0.3 is 5.97 Å². The van der Waals surface area contributed by atoms with E-state index in [0.717, 1.165) is 25.5 Å². The molecule has 7 heteroatoms. The first kappa shape index (κ1) is 15.2. The minimum atomic E-state index is -0.827. The number of anilines is 1. The van der Waals surface area contributed by atoms with E-state index in [2.05, 4.69) is 22.0 Å². The van der Waals surface area contributed by atoms with Gasteiger partial charge in [-0.05, 0) is 32.6 Å². The van der Waals surface area contributed by atoms with E-state index >= 15 is 0 Å². The first-order chi connectivity index (χ1) is 9.67. The fourth-order valence-corrected chi connectivity index (χ4v) is 3.41. The van der Waals surface area contributed by atoms with E-state index in [4.69, 9.17) is 5.11 Å². The number of hydrogen-bond donors (Lipinski definition) is 1. The molecule has 1 unspecified atom stereocenters. The number of thioether (sulfide) groups is 1. The fourth-order valence-electron chi connectivity index (χ4n) is 2.69. The minimum Gasteiger partial charge on any atom is -0.481 e. The quantitative estimate of drug-likeness (QED) is 0.812. The highest BCUT2D eigenvalue weighted by molar-refractivity contribution is 7.99. The summed E-state index contributed by atoms with van der Waals surface area (Å²) in [5, 5.41) is 18.0. The van der Waals surface area contributed by atoms with Crippen LogP contribution in [0.4, 0.5) is 5.95 Å². The summed E-state index contributed by atoms with van der Waals surface area (Å²) in [7, 11) is 0. The van der Waals surface area contributed by atoms with Gasteiger partial charge in [0, 0.05) is 19.1 Å². The van der Waals surface area contributed by atoms with Gasteiger partial charge in [0.15, 0.2) is 5.16 Å². The van der Waals surface area contributed by atoms with Crippen LogP contribution in [-0.2, 0) is 11.3 Å². The van der Waals surface area contributed by atoms with Crippen molar-refractivity contribution in [2.24, 2.45) is 0 Å². The molecule has 0 radical (unpaired) electrons. The van der Waals surface area contributed by atoms with Crippen molar-refractivity contribution >= 4 is 23.7 Å². The Kier molecular flexibility index (Phi) is 5.28. The Morgan fingerprint density at radius 2 is 2.20 bits per heavy atom. The van der Waals surface area contributed by atoms with Gasteiger partial charge < -0.3 is 10.0 Å². The number of aliphatic carboxylic acids is 1. The van der Waals surface area contributed by atoms with Crippen molar-refractivity contribution in [1.82, 2.24) is 14.8 Å². The molecular formula is C13H22N4O2S. The third-order valence-electron chi connectivity index (χ3n) is 3.69. The van der Waals surface area contributed by atoms with Crippen LogP contribution in [0.15, 0.2) is 5.16 Å². The summed E-state index contributed by atoms with van der Waals surface area (Å²) >= 11 is 1.24. The Bertz CT molecular complexity index is 463. The maximum atomic E-state index is 10.7. The first-order valence-electron chi connectivity index (χ1n) is 7.21. The summed E-state index contributed by atoms with van der Waals surface area (Å²) in [5.74, 6) is 0.0913. The maximum absolute atomic E-state index is 10.7. The van der Waals surface area contributed by atoms with Crippen molar-refractivity contribution in [3.05, 3.63) is 0 Å². The fraction of sp³-hybridized carbons (Fsp3) is 0.769. The zero-order valence-corrected chi connectivity index (χ0v) is 12.9. The number of nitrogens with zero attached hydrogens (tertiary/aromatic N) is 4. The van der Waals surface area contributed by atoms with E-state index in [1.165, 1.54) is 31.0 Å². The lowest BCUT2D eigenvalue weighted by Crippen LogP contribution is -2.40. The van der Waals surface area contributed by atoms with Gasteiger partial charge in [-0.25, -0.2) is 0 Å². The first-order valence-corrected chi connectivity index (χ1v) is 8.20. The molecule has 1 N–H and O–H groups in total. The van der Waals surface area contributed by atoms with Crippen molar-refractivity contribution in [1.29, 1.82) is 0 Å². The molecule has 0 amide bonds. The zero-order chi connectivity index (χ0) is 14.5. The zero-order valence-electron chi connectivity index (χ0n) is 12.1. The molecule has 0 aromatic carbocycles. The van der Waals surface area contributed by atoms with Crippen LogP contribution in [0.2, 0.25) is 0 Å². The average Bonchev–Trinajstić information content (AvgIpc) is 2.87. The SMILES string of the molecule is CCC1CCCCN1c1nnc(SCC(=O)O)n1CC. The molecule has 1 aliphatic rings. The number of carboxylic acids is 1. The van der Waals surface area contributed by atoms with E-state index < -0.39 is 5.97 Å². The van der Waals surface area contributed by atoms with Crippen LogP contribution in [0.5, 0.6) is 0 Å². The lowest BCUT2D eigenvalue weighted by Gasteiger charge is -2.35. The number of aromatic nitrogens is 3. The average molecular weight is 298 g/mol. The summed E-state index contributed by atoms with van der Waals surface area (Å²) in [6, 6.07) is 0.524. The summed E-state index contributed by atoms with van der Waals surface area (Å²) < 4.78 is 2.03. The molecule has 1 aliphatic heterocycles. The van der Waals surface area contributed by atoms with Crippen molar-refractivity contribution in [2.45, 2.75) is 57.3 Å². The van der Waals surface area contributed by atoms with Crippen LogP contribution in [0, 0.1) is 0 Å². The van der Waals surface area contributed by atoms with Crippen LogP contribution in [-0.4, -0.2) is 44.2 Å². The van der Waals surface area contributed by atoms with E-state index in [9.17, 15) is 4.79 Å². The Labute approximate surface area is 123 Å². The number of rotatable bonds is 6. The van der Waals surface area contributed by atoms with Crippen LogP contribution in [0.1, 0.15) is 39.5 Å². The maximum Gasteiger partial charge on any atom is 0.313 e. The monoisotopic (exact) mass is 298 g/mol. The molecule has 0 saturated carbocycles. The van der Waals surface area contributed by atoms with Gasteiger partial charge in [0.25, 0.3) is 0 Å². The Morgan fingerprint density at radius 1 is 1.40 bits per heavy atom. The van der Waals surface area contributed by atoms with Gasteiger partial charge in [0.05, 0.1) is 5.75 Å². The van der Waals surface area contributed by atoms with Crippen molar-refractivity contribution < 1.29 is 9.90 Å². The van der Waals surface area contributed by atoms with Crippen LogP contribution < -0.4 is 4.90 Å². The summed E-state index contributed by atoms with van der Waals surface area (Å²) in [6.45, 7) is 6.02. The number of carbonyl (C=O) groups is 1. The third-order valence-corrected chi connectivity index (χ3v) is 4.65. The van der Waals surface area contributed by atoms with Crippen molar-refractivity contribution in [3.8, 4) is 0 Å². The van der Waals surface area contributed by atoms with E-state index in [1.54, 1.807) is 0 Å². The van der Waals surface area contributed by atoms with E-state index in [0.29, 0.717) is 11.2 Å². The van der Waals surface area contributed by atoms with E-state index in [-0.39, 0.29) is 5.75 Å². The Hall–Kier alpha value is -1.24. The van der Waals surface area contributed by atoms with Gasteiger partial charge in [-0.3, -0.25) is 9.36 Å². The lowest BCUT2D eigenvalue weighted by molar-refractivity contribution is -0.133. The van der Waals surface area contributed by atoms with Gasteiger partial charge in [0.2, 0.25) is 5.95 Å². The molecule has 20 heavy (non-hydrogen) atoms. The van der Waals surface area contributed by atoms with Crippen LogP contribution >= 0.6 is 11.8 Å². The number of piperidine rings is 1. The summed E-state index contributed by atoms with van der Waals surface area (Å²) in [6.07, 6.45) is 4.76. The molecule has 1 fully saturated rings. The highest BCUT2D eigenvalue weighted by atomic mass is 32.2. The molecule has 112 valence electrons. The molecule has 6 nitrogen and oxygen atoms in total. The smallest absolute Gasteiger partial charge is 0.313 e. The molecule has 0 spiro atoms. The van der Waals surface area contributed by atoms with Crippen molar-refractivity contribution in [3.63, 3.8) is 0 Å². The lowest BCUT2D eigenvalue weighted by atomic mass is 10.0. The van der Waals surface area contributed by atoms with Crippen LogP contribution in [0.3, 0.4) is 0 Å². The normalized spacial score (nSPS) is 19.3. The predicted molar refractivity (Wildman–Crippen MR) is 79.3 cm³/mol. The van der Waals surface area contributed by atoms with Gasteiger partial charge in [-0.2, -0.15) is 0 Å². The molecule has 0 bridgehead atoms. The standard InChI is InChI=1S/C13H22N4O2S/c1-3-10-7-5-6-8-17(10)12-14-15-13(16(12)4-2)20-9-11(18)19/h10H,3-9H2,1-2H3,(H,18,19). The molecule has 2 heterocycles. The topological polar surface area (TPSA) is 71.2 Å². The third kappa shape index (κ3) is 3.26. The second kappa shape index (κ2) is 6.97. The second-order valence-electron chi connectivity index (χ2n) is 4.96. The number of hydrogen-bond acceptors (Lipinski definition) is 5. The molecule has 1 aromatic heterocycles. The molecular weight excluding hydrogens is 276 g/mol. The highest BCUT2D eigenvalue weighted by Gasteiger charge is 2.26. The Morgan fingerprint density at radius 3 is 2.85 bits per heavy atom. The summed E-state index contributed by atoms with van der Waals surface area (Å²) in [4.78, 5) is 13.0. The largest absolute Gasteiger partial charge is 0.481 e. The molecule has 2 rings (SSSR count). The predicted octanol–water partition coefficient (Wildman–Crippen LogP) is 2.24. The van der Waals surface area contributed by atoms with Crippen molar-refractivity contribution in [2.75, 3.05) is 17.2 Å². The highest BCUT2D eigenvalue weighted by Crippen LogP contribution is 2.28. The van der Waals surface area contributed by atoms with E-state index in [1.807, 2.05) is 11.5 Å². The Balaban J connectivity index is 2.20.